The summed E-state index contributed by atoms with van der Waals surface area (Å²) in [4.78, 5) is 0.993. The predicted molar refractivity (Wildman–Crippen MR) is 60.8 cm³/mol. The first kappa shape index (κ1) is 11.2. The molecule has 1 aromatic rings. The fourth-order valence-electron chi connectivity index (χ4n) is 0.832. The molecular formula is C9H11Cl2NS. The van der Waals surface area contributed by atoms with E-state index in [2.05, 4.69) is 6.92 Å². The lowest BCUT2D eigenvalue weighted by atomic mass is 10.4. The maximum atomic E-state index is 5.98. The molecule has 0 amide bonds. The number of nitrogens with two attached hydrogens (primary N) is 1. The molecule has 4 heteroatoms. The summed E-state index contributed by atoms with van der Waals surface area (Å²) in [7, 11) is 0. The van der Waals surface area contributed by atoms with Gasteiger partial charge in [-0.25, -0.2) is 0 Å². The summed E-state index contributed by atoms with van der Waals surface area (Å²) >= 11 is 13.5. The van der Waals surface area contributed by atoms with E-state index >= 15 is 0 Å². The lowest BCUT2D eigenvalue weighted by Gasteiger charge is -2.09. The van der Waals surface area contributed by atoms with Crippen LogP contribution in [0.25, 0.3) is 0 Å². The maximum absolute atomic E-state index is 5.98. The van der Waals surface area contributed by atoms with Crippen LogP contribution in [0, 0.1) is 0 Å². The topological polar surface area (TPSA) is 26.0 Å². The Morgan fingerprint density at radius 1 is 1.46 bits per heavy atom. The van der Waals surface area contributed by atoms with E-state index in [-0.39, 0.29) is 0 Å². The van der Waals surface area contributed by atoms with Gasteiger partial charge in [-0.15, -0.1) is 11.8 Å². The Hall–Kier alpha value is 0.110. The number of hydrogen-bond donors (Lipinski definition) is 1. The van der Waals surface area contributed by atoms with Crippen molar-refractivity contribution in [3.05, 3.63) is 28.2 Å². The van der Waals surface area contributed by atoms with Gasteiger partial charge in [0.05, 0.1) is 5.02 Å². The van der Waals surface area contributed by atoms with Gasteiger partial charge in [-0.2, -0.15) is 0 Å². The molecule has 1 nitrogen and oxygen atoms in total. The minimum absolute atomic E-state index is 0.357. The molecule has 1 unspecified atom stereocenters. The Morgan fingerprint density at radius 3 is 2.77 bits per heavy atom. The van der Waals surface area contributed by atoms with Crippen LogP contribution in [0.3, 0.4) is 0 Å². The van der Waals surface area contributed by atoms with Gasteiger partial charge in [-0.1, -0.05) is 30.1 Å². The summed E-state index contributed by atoms with van der Waals surface area (Å²) in [5, 5.41) is 1.79. The van der Waals surface area contributed by atoms with E-state index in [9.17, 15) is 0 Å². The molecule has 0 aliphatic rings. The van der Waals surface area contributed by atoms with Gasteiger partial charge in [-0.3, -0.25) is 0 Å². The van der Waals surface area contributed by atoms with Crippen molar-refractivity contribution in [1.82, 2.24) is 0 Å². The Morgan fingerprint density at radius 2 is 2.15 bits per heavy atom. The largest absolute Gasteiger partial charge is 0.329 e. The SMILES string of the molecule is CC(CN)Sc1cc(Cl)ccc1Cl. The molecule has 0 aliphatic carbocycles. The third kappa shape index (κ3) is 3.39. The minimum Gasteiger partial charge on any atom is -0.329 e. The summed E-state index contributed by atoms with van der Waals surface area (Å²) in [6, 6.07) is 5.44. The fraction of sp³-hybridized carbons (Fsp3) is 0.333. The van der Waals surface area contributed by atoms with Crippen molar-refractivity contribution in [3.8, 4) is 0 Å². The highest BCUT2D eigenvalue weighted by molar-refractivity contribution is 8.00. The average Bonchev–Trinajstić information content (AvgIpc) is 2.11. The third-order valence-corrected chi connectivity index (χ3v) is 3.42. The lowest BCUT2D eigenvalue weighted by molar-refractivity contribution is 0.951. The van der Waals surface area contributed by atoms with Crippen LogP contribution in [0.1, 0.15) is 6.92 Å². The molecule has 0 saturated carbocycles. The van der Waals surface area contributed by atoms with Crippen LogP contribution in [0.4, 0.5) is 0 Å². The van der Waals surface area contributed by atoms with E-state index in [4.69, 9.17) is 28.9 Å². The van der Waals surface area contributed by atoms with Gasteiger partial charge in [0.1, 0.15) is 0 Å². The highest BCUT2D eigenvalue weighted by Gasteiger charge is 2.06. The molecule has 2 N–H and O–H groups in total. The van der Waals surface area contributed by atoms with Crippen LogP contribution in [-0.2, 0) is 0 Å². The normalized spacial score (nSPS) is 12.9. The first-order valence-corrected chi connectivity index (χ1v) is 5.59. The second kappa shape index (κ2) is 5.11. The zero-order valence-electron chi connectivity index (χ0n) is 7.26. The Kier molecular flexibility index (Phi) is 4.39. The van der Waals surface area contributed by atoms with Gasteiger partial charge in [0.15, 0.2) is 0 Å². The van der Waals surface area contributed by atoms with Crippen molar-refractivity contribution in [1.29, 1.82) is 0 Å². The van der Waals surface area contributed by atoms with Crippen LogP contribution in [0.15, 0.2) is 23.1 Å². The van der Waals surface area contributed by atoms with Crippen LogP contribution in [0.2, 0.25) is 10.0 Å². The van der Waals surface area contributed by atoms with Gasteiger partial charge in [-0.05, 0) is 18.2 Å². The zero-order valence-corrected chi connectivity index (χ0v) is 9.59. The Balaban J connectivity index is 2.81. The summed E-state index contributed by atoms with van der Waals surface area (Å²) < 4.78 is 0. The first-order valence-electron chi connectivity index (χ1n) is 3.95. The summed E-state index contributed by atoms with van der Waals surface area (Å²) in [5.74, 6) is 0. The molecule has 0 heterocycles. The summed E-state index contributed by atoms with van der Waals surface area (Å²) in [5.41, 5.74) is 5.51. The molecule has 0 aromatic heterocycles. The monoisotopic (exact) mass is 235 g/mol. The van der Waals surface area contributed by atoms with Crippen molar-refractivity contribution in [2.45, 2.75) is 17.1 Å². The predicted octanol–water partition coefficient (Wildman–Crippen LogP) is 3.43. The van der Waals surface area contributed by atoms with E-state index in [0.717, 1.165) is 9.92 Å². The minimum atomic E-state index is 0.357. The van der Waals surface area contributed by atoms with E-state index in [1.165, 1.54) is 0 Å². The van der Waals surface area contributed by atoms with E-state index in [0.29, 0.717) is 16.8 Å². The van der Waals surface area contributed by atoms with Gasteiger partial charge < -0.3 is 5.73 Å². The molecular weight excluding hydrogens is 225 g/mol. The maximum Gasteiger partial charge on any atom is 0.0543 e. The summed E-state index contributed by atoms with van der Waals surface area (Å²) in [6.07, 6.45) is 0. The number of thioether (sulfide) groups is 1. The quantitative estimate of drug-likeness (QED) is 0.813. The van der Waals surface area contributed by atoms with Gasteiger partial charge >= 0.3 is 0 Å². The molecule has 0 fully saturated rings. The summed E-state index contributed by atoms with van der Waals surface area (Å²) in [6.45, 7) is 2.69. The second-order valence-corrected chi connectivity index (χ2v) is 5.06. The molecule has 0 bridgehead atoms. The highest BCUT2D eigenvalue weighted by atomic mass is 35.5. The van der Waals surface area contributed by atoms with E-state index in [1.807, 2.05) is 6.07 Å². The molecule has 0 radical (unpaired) electrons. The van der Waals surface area contributed by atoms with Crippen LogP contribution in [-0.4, -0.2) is 11.8 Å². The average molecular weight is 236 g/mol. The molecule has 1 rings (SSSR count). The van der Waals surface area contributed by atoms with Crippen molar-refractivity contribution < 1.29 is 0 Å². The van der Waals surface area contributed by atoms with Crippen molar-refractivity contribution in [2.75, 3.05) is 6.54 Å². The molecule has 0 spiro atoms. The van der Waals surface area contributed by atoms with Crippen LogP contribution < -0.4 is 5.73 Å². The van der Waals surface area contributed by atoms with Crippen molar-refractivity contribution in [3.63, 3.8) is 0 Å². The molecule has 72 valence electrons. The van der Waals surface area contributed by atoms with E-state index < -0.39 is 0 Å². The van der Waals surface area contributed by atoms with Crippen molar-refractivity contribution >= 4 is 35.0 Å². The zero-order chi connectivity index (χ0) is 9.84. The Bertz CT molecular complexity index is 291. The van der Waals surface area contributed by atoms with Crippen LogP contribution >= 0.6 is 35.0 Å². The van der Waals surface area contributed by atoms with Gasteiger partial charge in [0.2, 0.25) is 0 Å². The molecule has 13 heavy (non-hydrogen) atoms. The third-order valence-electron chi connectivity index (χ3n) is 1.55. The second-order valence-electron chi connectivity index (χ2n) is 2.74. The van der Waals surface area contributed by atoms with Crippen molar-refractivity contribution in [2.24, 2.45) is 5.73 Å². The smallest absolute Gasteiger partial charge is 0.0543 e. The number of benzene rings is 1. The molecule has 0 saturated heterocycles. The molecule has 1 aromatic carbocycles. The lowest BCUT2D eigenvalue weighted by Crippen LogP contribution is -2.12. The van der Waals surface area contributed by atoms with Gasteiger partial charge in [0.25, 0.3) is 0 Å². The van der Waals surface area contributed by atoms with E-state index in [1.54, 1.807) is 23.9 Å². The van der Waals surface area contributed by atoms with Gasteiger partial charge in [0, 0.05) is 21.7 Å². The fourth-order valence-corrected chi connectivity index (χ4v) is 2.23. The number of rotatable bonds is 3. The standard InChI is InChI=1S/C9H11Cl2NS/c1-6(5-12)13-9-4-7(10)2-3-8(9)11/h2-4,6H,5,12H2,1H3. The number of hydrogen-bond acceptors (Lipinski definition) is 2. The highest BCUT2D eigenvalue weighted by Crippen LogP contribution is 2.32. The number of halogens is 2. The van der Waals surface area contributed by atoms with Crippen LogP contribution in [0.5, 0.6) is 0 Å². The molecule has 0 aliphatic heterocycles. The molecule has 1 atom stereocenters. The first-order chi connectivity index (χ1) is 6.13. The Labute approximate surface area is 92.6 Å².